The summed E-state index contributed by atoms with van der Waals surface area (Å²) in [6.07, 6.45) is 3.58. The van der Waals surface area contributed by atoms with E-state index in [0.29, 0.717) is 0 Å². The van der Waals surface area contributed by atoms with Crippen LogP contribution in [0.15, 0.2) is 0 Å². The molecule has 0 aliphatic carbocycles. The Bertz CT molecular complexity index is 103. The third kappa shape index (κ3) is 9.81. The minimum absolute atomic E-state index is 0. The van der Waals surface area contributed by atoms with Gasteiger partial charge in [0.15, 0.2) is 0 Å². The number of hydrogen-bond donors (Lipinski definition) is 1. The topological polar surface area (TPSA) is 37.3 Å². The Balaban J connectivity index is -0.000000405. The van der Waals surface area contributed by atoms with Crippen LogP contribution in [-0.4, -0.2) is 78.4 Å². The molecule has 0 aromatic rings. The Morgan fingerprint density at radius 2 is 1.58 bits per heavy atom. The number of carboxylic acid groups (broad SMARTS) is 1. The van der Waals surface area contributed by atoms with Crippen molar-refractivity contribution in [3.8, 4) is 0 Å². The van der Waals surface area contributed by atoms with E-state index in [-0.39, 0.29) is 73.2 Å². The molecule has 0 aliphatic heterocycles. The average molecular weight is 210 g/mol. The number of hydrogen-bond acceptors (Lipinski definition) is 1. The molecule has 2 nitrogen and oxygen atoms in total. The number of aliphatic carboxylic acids is 1. The number of carboxylic acids is 1. The van der Waals surface area contributed by atoms with E-state index in [4.69, 9.17) is 5.11 Å². The van der Waals surface area contributed by atoms with Crippen LogP contribution in [0.2, 0.25) is 0 Å². The van der Waals surface area contributed by atoms with Crippen molar-refractivity contribution in [3.63, 3.8) is 0 Å². The van der Waals surface area contributed by atoms with Gasteiger partial charge in [-0.3, -0.25) is 4.79 Å². The van der Waals surface area contributed by atoms with Crippen molar-refractivity contribution in [2.45, 2.75) is 39.5 Å². The quantitative estimate of drug-likeness (QED) is 0.679. The molecule has 0 saturated carbocycles. The van der Waals surface area contributed by atoms with Crippen molar-refractivity contribution in [2.75, 3.05) is 0 Å². The van der Waals surface area contributed by atoms with E-state index in [9.17, 15) is 4.79 Å². The number of rotatable bonds is 5. The molecule has 0 rings (SSSR count). The van der Waals surface area contributed by atoms with Gasteiger partial charge in [-0.1, -0.05) is 26.7 Å². The summed E-state index contributed by atoms with van der Waals surface area (Å²) in [5.74, 6) is -0.737. The van der Waals surface area contributed by atoms with Gasteiger partial charge in [0, 0.05) is 0 Å². The minimum atomic E-state index is -0.635. The van der Waals surface area contributed by atoms with Crippen LogP contribution in [-0.2, 0) is 4.79 Å². The van der Waals surface area contributed by atoms with Gasteiger partial charge in [0.2, 0.25) is 0 Å². The first-order valence-corrected chi connectivity index (χ1v) is 3.95. The fourth-order valence-electron chi connectivity index (χ4n) is 1.09. The molecule has 0 atom stereocenters. The summed E-state index contributed by atoms with van der Waals surface area (Å²) in [4.78, 5) is 10.5. The van der Waals surface area contributed by atoms with E-state index < -0.39 is 5.97 Å². The second-order valence-electron chi connectivity index (χ2n) is 2.61. The normalized spacial score (nSPS) is 8.58. The van der Waals surface area contributed by atoms with E-state index in [1.807, 2.05) is 13.8 Å². The van der Waals surface area contributed by atoms with Crippen molar-refractivity contribution in [1.82, 2.24) is 0 Å². The van der Waals surface area contributed by atoms with Crippen LogP contribution in [0, 0.1) is 5.92 Å². The first-order valence-electron chi connectivity index (χ1n) is 3.95. The van der Waals surface area contributed by atoms with E-state index in [2.05, 4.69) is 0 Å². The monoisotopic (exact) mass is 210 g/mol. The Morgan fingerprint density at radius 3 is 1.75 bits per heavy atom. The molecule has 0 bridgehead atoms. The maximum absolute atomic E-state index is 10.5. The SMILES string of the molecule is CCCC(CCC)C(=O)O.[CaH2].[NaH]. The molecule has 1 N–H and O–H groups in total. The molecule has 12 heavy (non-hydrogen) atoms. The van der Waals surface area contributed by atoms with Crippen LogP contribution >= 0.6 is 0 Å². The predicted molar refractivity (Wildman–Crippen MR) is 56.6 cm³/mol. The molecule has 0 unspecified atom stereocenters. The summed E-state index contributed by atoms with van der Waals surface area (Å²) in [5.41, 5.74) is 0. The summed E-state index contributed by atoms with van der Waals surface area (Å²) in [6.45, 7) is 4.04. The standard InChI is InChI=1S/C8H16O2.Ca.Na.3H/c1-3-5-7(6-4-2)8(9)10;;;;;/h7H,3-6H2,1-2H3,(H,9,10);;;;;. The van der Waals surface area contributed by atoms with E-state index >= 15 is 0 Å². The first kappa shape index (κ1) is 19.3. The van der Waals surface area contributed by atoms with Gasteiger partial charge >= 0.3 is 73.3 Å². The van der Waals surface area contributed by atoms with Gasteiger partial charge in [-0.05, 0) is 12.8 Å². The molecule has 0 fully saturated rings. The Hall–Kier alpha value is 1.73. The molecular formula is C8H19CaNaO2. The molecule has 0 amide bonds. The zero-order valence-electron chi connectivity index (χ0n) is 6.76. The molecule has 0 spiro atoms. The maximum atomic E-state index is 10.5. The average Bonchev–Trinajstić information content (AvgIpc) is 1.87. The van der Waals surface area contributed by atoms with Gasteiger partial charge in [0.1, 0.15) is 0 Å². The Morgan fingerprint density at radius 1 is 1.25 bits per heavy atom. The van der Waals surface area contributed by atoms with Crippen LogP contribution in [0.5, 0.6) is 0 Å². The third-order valence-electron chi connectivity index (χ3n) is 1.62. The van der Waals surface area contributed by atoms with E-state index in [0.717, 1.165) is 25.7 Å². The summed E-state index contributed by atoms with van der Waals surface area (Å²) in [5, 5.41) is 8.64. The van der Waals surface area contributed by atoms with Crippen LogP contribution in [0.1, 0.15) is 39.5 Å². The molecule has 0 aromatic heterocycles. The summed E-state index contributed by atoms with van der Waals surface area (Å²) in [6, 6.07) is 0. The van der Waals surface area contributed by atoms with Gasteiger partial charge < -0.3 is 5.11 Å². The first-order chi connectivity index (χ1) is 4.72. The second-order valence-corrected chi connectivity index (χ2v) is 2.61. The predicted octanol–water partition coefficient (Wildman–Crippen LogP) is 0.723. The van der Waals surface area contributed by atoms with Gasteiger partial charge in [-0.25, -0.2) is 0 Å². The molecule has 0 aromatic carbocycles. The summed E-state index contributed by atoms with van der Waals surface area (Å²) in [7, 11) is 0. The fraction of sp³-hybridized carbons (Fsp3) is 0.875. The van der Waals surface area contributed by atoms with Crippen molar-refractivity contribution in [1.29, 1.82) is 0 Å². The van der Waals surface area contributed by atoms with Crippen molar-refractivity contribution < 1.29 is 9.90 Å². The van der Waals surface area contributed by atoms with Crippen molar-refractivity contribution in [2.24, 2.45) is 5.92 Å². The van der Waals surface area contributed by atoms with Crippen LogP contribution in [0.4, 0.5) is 0 Å². The Kier molecular flexibility index (Phi) is 20.5. The molecule has 0 heterocycles. The van der Waals surface area contributed by atoms with Crippen molar-refractivity contribution in [3.05, 3.63) is 0 Å². The van der Waals surface area contributed by atoms with Gasteiger partial charge in [0.25, 0.3) is 0 Å². The molecule has 0 aliphatic rings. The molecule has 4 heteroatoms. The summed E-state index contributed by atoms with van der Waals surface area (Å²) >= 11 is 0. The zero-order valence-corrected chi connectivity index (χ0v) is 6.76. The third-order valence-corrected chi connectivity index (χ3v) is 1.62. The molecule has 66 valence electrons. The van der Waals surface area contributed by atoms with E-state index in [1.165, 1.54) is 0 Å². The molecule has 0 saturated heterocycles. The second kappa shape index (κ2) is 12.7. The summed E-state index contributed by atoms with van der Waals surface area (Å²) < 4.78 is 0. The molecule has 0 radical (unpaired) electrons. The molecular weight excluding hydrogens is 191 g/mol. The zero-order chi connectivity index (χ0) is 7.98. The Labute approximate surface area is 127 Å². The van der Waals surface area contributed by atoms with Gasteiger partial charge in [0.05, 0.1) is 5.92 Å². The van der Waals surface area contributed by atoms with Crippen molar-refractivity contribution >= 4 is 73.3 Å². The van der Waals surface area contributed by atoms with Gasteiger partial charge in [-0.15, -0.1) is 0 Å². The van der Waals surface area contributed by atoms with Crippen LogP contribution < -0.4 is 0 Å². The van der Waals surface area contributed by atoms with Gasteiger partial charge in [-0.2, -0.15) is 0 Å². The fourth-order valence-corrected chi connectivity index (χ4v) is 1.09. The number of carbonyl (C=O) groups is 1. The van der Waals surface area contributed by atoms with Crippen LogP contribution in [0.25, 0.3) is 0 Å². The van der Waals surface area contributed by atoms with E-state index in [1.54, 1.807) is 0 Å². The van der Waals surface area contributed by atoms with Crippen LogP contribution in [0.3, 0.4) is 0 Å².